The Balaban J connectivity index is 2.80. The van der Waals surface area contributed by atoms with Crippen molar-refractivity contribution in [3.63, 3.8) is 0 Å². The monoisotopic (exact) mass is 274 g/mol. The van der Waals surface area contributed by atoms with E-state index in [9.17, 15) is 4.79 Å². The van der Waals surface area contributed by atoms with E-state index in [4.69, 9.17) is 16.7 Å². The third-order valence-electron chi connectivity index (χ3n) is 1.77. The zero-order chi connectivity index (χ0) is 10.3. The molecule has 0 atom stereocenters. The van der Waals surface area contributed by atoms with Crippen LogP contribution < -0.4 is 0 Å². The number of aromatic carboxylic acids is 1. The highest BCUT2D eigenvalue weighted by Crippen LogP contribution is 2.25. The van der Waals surface area contributed by atoms with E-state index in [0.717, 1.165) is 4.47 Å². The quantitative estimate of drug-likeness (QED) is 0.870. The van der Waals surface area contributed by atoms with E-state index in [-0.39, 0.29) is 10.6 Å². The summed E-state index contributed by atoms with van der Waals surface area (Å²) in [6, 6.07) is 1.71. The van der Waals surface area contributed by atoms with Crippen molar-refractivity contribution >= 4 is 39.0 Å². The van der Waals surface area contributed by atoms with Gasteiger partial charge < -0.3 is 5.11 Å². The minimum Gasteiger partial charge on any atom is -0.478 e. The Morgan fingerprint density at radius 3 is 3.00 bits per heavy atom. The second-order valence-electron chi connectivity index (χ2n) is 2.67. The Kier molecular flexibility index (Phi) is 2.20. The molecule has 0 aliphatic heterocycles. The van der Waals surface area contributed by atoms with Gasteiger partial charge in [0.05, 0.1) is 22.3 Å². The molecule has 0 fully saturated rings. The van der Waals surface area contributed by atoms with Crippen molar-refractivity contribution in [1.82, 2.24) is 9.61 Å². The Bertz CT molecular complexity index is 523. The summed E-state index contributed by atoms with van der Waals surface area (Å²) >= 11 is 9.09. The first-order chi connectivity index (χ1) is 6.59. The van der Waals surface area contributed by atoms with Gasteiger partial charge in [-0.3, -0.25) is 0 Å². The third-order valence-corrected chi connectivity index (χ3v) is 2.60. The van der Waals surface area contributed by atoms with Gasteiger partial charge in [0.25, 0.3) is 0 Å². The third kappa shape index (κ3) is 1.38. The number of carboxylic acids is 1. The molecule has 0 bridgehead atoms. The van der Waals surface area contributed by atoms with Crippen LogP contribution in [0.4, 0.5) is 0 Å². The number of hydrogen-bond acceptors (Lipinski definition) is 2. The van der Waals surface area contributed by atoms with Crippen LogP contribution in [0.5, 0.6) is 0 Å². The maximum absolute atomic E-state index is 10.7. The van der Waals surface area contributed by atoms with Crippen molar-refractivity contribution in [1.29, 1.82) is 0 Å². The summed E-state index contributed by atoms with van der Waals surface area (Å²) in [5.74, 6) is -1.06. The number of carboxylic acid groups (broad SMARTS) is 1. The molecule has 0 saturated carbocycles. The number of carbonyl (C=O) groups is 1. The van der Waals surface area contributed by atoms with E-state index in [2.05, 4.69) is 21.0 Å². The molecule has 6 heteroatoms. The first-order valence-corrected chi connectivity index (χ1v) is 4.82. The number of rotatable bonds is 1. The summed E-state index contributed by atoms with van der Waals surface area (Å²) in [5, 5.41) is 13.0. The van der Waals surface area contributed by atoms with Gasteiger partial charge in [-0.05, 0) is 22.0 Å². The highest BCUT2D eigenvalue weighted by atomic mass is 79.9. The van der Waals surface area contributed by atoms with Gasteiger partial charge in [-0.2, -0.15) is 5.10 Å². The maximum Gasteiger partial charge on any atom is 0.338 e. The molecule has 0 unspecified atom stereocenters. The summed E-state index contributed by atoms with van der Waals surface area (Å²) in [5.41, 5.74) is 0.621. The summed E-state index contributed by atoms with van der Waals surface area (Å²) in [4.78, 5) is 10.7. The molecule has 72 valence electrons. The van der Waals surface area contributed by atoms with Gasteiger partial charge in [0, 0.05) is 10.7 Å². The fourth-order valence-corrected chi connectivity index (χ4v) is 1.73. The molecule has 0 aromatic carbocycles. The lowest BCUT2D eigenvalue weighted by Gasteiger charge is -1.93. The first-order valence-electron chi connectivity index (χ1n) is 3.65. The van der Waals surface area contributed by atoms with Gasteiger partial charge >= 0.3 is 5.97 Å². The lowest BCUT2D eigenvalue weighted by Crippen LogP contribution is -1.93. The Hall–Kier alpha value is -1.07. The summed E-state index contributed by atoms with van der Waals surface area (Å²) in [6.45, 7) is 0. The molecule has 14 heavy (non-hydrogen) atoms. The minimum atomic E-state index is -1.06. The molecule has 2 heterocycles. The van der Waals surface area contributed by atoms with Crippen molar-refractivity contribution < 1.29 is 9.90 Å². The van der Waals surface area contributed by atoms with Crippen molar-refractivity contribution in [2.24, 2.45) is 0 Å². The van der Waals surface area contributed by atoms with Crippen LogP contribution in [0.3, 0.4) is 0 Å². The SMILES string of the molecule is O=C(O)c1cn2ncc(Br)cc2c1Cl. The second-order valence-corrected chi connectivity index (χ2v) is 3.96. The van der Waals surface area contributed by atoms with E-state index in [1.807, 2.05) is 0 Å². The molecule has 0 aliphatic carbocycles. The van der Waals surface area contributed by atoms with Crippen LogP contribution in [0.2, 0.25) is 5.02 Å². The zero-order valence-electron chi connectivity index (χ0n) is 6.74. The molecule has 0 aliphatic rings. The van der Waals surface area contributed by atoms with Crippen molar-refractivity contribution in [3.8, 4) is 0 Å². The van der Waals surface area contributed by atoms with Crippen molar-refractivity contribution in [2.45, 2.75) is 0 Å². The van der Waals surface area contributed by atoms with Gasteiger partial charge in [-0.15, -0.1) is 0 Å². The fraction of sp³-hybridized carbons (Fsp3) is 0. The molecule has 0 saturated heterocycles. The maximum atomic E-state index is 10.7. The van der Waals surface area contributed by atoms with E-state index in [0.29, 0.717) is 5.52 Å². The highest BCUT2D eigenvalue weighted by molar-refractivity contribution is 9.10. The predicted molar refractivity (Wildman–Crippen MR) is 54.9 cm³/mol. The molecule has 0 radical (unpaired) electrons. The van der Waals surface area contributed by atoms with Gasteiger partial charge in [-0.25, -0.2) is 9.31 Å². The van der Waals surface area contributed by atoms with Crippen molar-refractivity contribution in [3.05, 3.63) is 33.5 Å². The minimum absolute atomic E-state index is 0.0530. The Morgan fingerprint density at radius 2 is 2.36 bits per heavy atom. The van der Waals surface area contributed by atoms with Crippen LogP contribution in [0.1, 0.15) is 10.4 Å². The van der Waals surface area contributed by atoms with E-state index in [1.165, 1.54) is 10.7 Å². The number of fused-ring (bicyclic) bond motifs is 1. The molecule has 2 aromatic rings. The van der Waals surface area contributed by atoms with Gasteiger partial charge in [0.1, 0.15) is 0 Å². The van der Waals surface area contributed by atoms with Gasteiger partial charge in [0.2, 0.25) is 0 Å². The van der Waals surface area contributed by atoms with Crippen LogP contribution >= 0.6 is 27.5 Å². The highest BCUT2D eigenvalue weighted by Gasteiger charge is 2.15. The molecule has 1 N–H and O–H groups in total. The molecule has 4 nitrogen and oxygen atoms in total. The summed E-state index contributed by atoms with van der Waals surface area (Å²) < 4.78 is 2.18. The Labute approximate surface area is 92.2 Å². The standard InChI is InChI=1S/C8H4BrClN2O2/c9-4-1-6-7(10)5(8(13)14)3-12(6)11-2-4/h1-3H,(H,13,14). The topological polar surface area (TPSA) is 54.6 Å². The van der Waals surface area contributed by atoms with Crippen molar-refractivity contribution in [2.75, 3.05) is 0 Å². The zero-order valence-corrected chi connectivity index (χ0v) is 9.08. The average molecular weight is 275 g/mol. The smallest absolute Gasteiger partial charge is 0.338 e. The van der Waals surface area contributed by atoms with E-state index < -0.39 is 5.97 Å². The van der Waals surface area contributed by atoms with Crippen LogP contribution in [0.15, 0.2) is 22.9 Å². The van der Waals surface area contributed by atoms with E-state index in [1.54, 1.807) is 12.3 Å². The molecule has 0 amide bonds. The summed E-state index contributed by atoms with van der Waals surface area (Å²) in [7, 11) is 0. The van der Waals surface area contributed by atoms with Crippen LogP contribution in [0.25, 0.3) is 5.52 Å². The average Bonchev–Trinajstić information content (AvgIpc) is 2.44. The predicted octanol–water partition coefficient (Wildman–Crippen LogP) is 2.45. The van der Waals surface area contributed by atoms with Gasteiger partial charge in [0.15, 0.2) is 0 Å². The molecule has 2 rings (SSSR count). The van der Waals surface area contributed by atoms with Gasteiger partial charge in [-0.1, -0.05) is 11.6 Å². The van der Waals surface area contributed by atoms with Crippen LogP contribution in [-0.4, -0.2) is 20.7 Å². The fourth-order valence-electron chi connectivity index (χ4n) is 1.15. The normalized spacial score (nSPS) is 10.7. The number of aromatic nitrogens is 2. The molecule has 0 spiro atoms. The van der Waals surface area contributed by atoms with Crippen LogP contribution in [-0.2, 0) is 0 Å². The Morgan fingerprint density at radius 1 is 1.64 bits per heavy atom. The summed E-state index contributed by atoms with van der Waals surface area (Å²) in [6.07, 6.45) is 2.95. The molecular weight excluding hydrogens is 271 g/mol. The first kappa shape index (κ1) is 9.48. The second kappa shape index (κ2) is 3.25. The lowest BCUT2D eigenvalue weighted by molar-refractivity contribution is 0.0697. The molecular formula is C8H4BrClN2O2. The number of hydrogen-bond donors (Lipinski definition) is 1. The number of halogens is 2. The largest absolute Gasteiger partial charge is 0.478 e. The van der Waals surface area contributed by atoms with E-state index >= 15 is 0 Å². The van der Waals surface area contributed by atoms with Crippen LogP contribution in [0, 0.1) is 0 Å². The lowest BCUT2D eigenvalue weighted by atomic mass is 10.3. The molecule has 2 aromatic heterocycles. The number of nitrogens with zero attached hydrogens (tertiary/aromatic N) is 2.